The largest absolute Gasteiger partial charge is 0.341 e. The van der Waals surface area contributed by atoms with Crippen molar-refractivity contribution in [2.45, 2.75) is 32.2 Å². The third-order valence-corrected chi connectivity index (χ3v) is 4.37. The van der Waals surface area contributed by atoms with Crippen LogP contribution in [0.25, 0.3) is 0 Å². The smallest absolute Gasteiger partial charge is 0.236 e. The van der Waals surface area contributed by atoms with Crippen molar-refractivity contribution >= 4 is 5.91 Å². The highest BCUT2D eigenvalue weighted by atomic mass is 16.5. The topological polar surface area (TPSA) is 62.5 Å². The number of nitrogens with zero attached hydrogens (tertiary/aromatic N) is 4. The van der Waals surface area contributed by atoms with E-state index in [0.717, 1.165) is 25.9 Å². The molecule has 1 aliphatic heterocycles. The second-order valence-corrected chi connectivity index (χ2v) is 6.52. The molecule has 0 saturated carbocycles. The first-order valence-electron chi connectivity index (χ1n) is 8.42. The van der Waals surface area contributed by atoms with Crippen LogP contribution in [0.3, 0.4) is 0 Å². The molecule has 2 heterocycles. The van der Waals surface area contributed by atoms with E-state index in [1.807, 2.05) is 37.1 Å². The van der Waals surface area contributed by atoms with Gasteiger partial charge in [0.05, 0.1) is 12.5 Å². The third kappa shape index (κ3) is 4.20. The van der Waals surface area contributed by atoms with Crippen LogP contribution in [0, 0.1) is 6.92 Å². The van der Waals surface area contributed by atoms with Crippen molar-refractivity contribution in [1.29, 1.82) is 0 Å². The van der Waals surface area contributed by atoms with Crippen LogP contribution in [-0.2, 0) is 11.3 Å². The molecule has 6 nitrogen and oxygen atoms in total. The van der Waals surface area contributed by atoms with Crippen LogP contribution >= 0.6 is 0 Å². The Labute approximate surface area is 142 Å². The fourth-order valence-corrected chi connectivity index (χ4v) is 3.17. The van der Waals surface area contributed by atoms with Crippen LogP contribution < -0.4 is 0 Å². The van der Waals surface area contributed by atoms with Gasteiger partial charge in [0.15, 0.2) is 5.82 Å². The molecule has 0 spiro atoms. The van der Waals surface area contributed by atoms with Crippen molar-refractivity contribution in [3.8, 4) is 0 Å². The molecule has 2 aromatic rings. The number of benzene rings is 1. The fraction of sp³-hybridized carbons (Fsp3) is 0.500. The molecule has 3 rings (SSSR count). The van der Waals surface area contributed by atoms with Gasteiger partial charge in [0.25, 0.3) is 0 Å². The van der Waals surface area contributed by atoms with E-state index in [-0.39, 0.29) is 11.8 Å². The van der Waals surface area contributed by atoms with Gasteiger partial charge in [-0.05, 0) is 32.4 Å². The number of aromatic nitrogens is 2. The van der Waals surface area contributed by atoms with Gasteiger partial charge < -0.3 is 9.42 Å². The lowest BCUT2D eigenvalue weighted by Crippen LogP contribution is -2.43. The molecule has 0 N–H and O–H groups in total. The highest BCUT2D eigenvalue weighted by molar-refractivity contribution is 5.78. The summed E-state index contributed by atoms with van der Waals surface area (Å²) in [5, 5.41) is 3.86. The van der Waals surface area contributed by atoms with Crippen LogP contribution in [0.2, 0.25) is 0 Å². The normalized spacial score (nSPS) is 18.1. The van der Waals surface area contributed by atoms with E-state index in [0.29, 0.717) is 24.8 Å². The Kier molecular flexibility index (Phi) is 5.25. The van der Waals surface area contributed by atoms with Gasteiger partial charge in [-0.25, -0.2) is 0 Å². The summed E-state index contributed by atoms with van der Waals surface area (Å²) in [6.07, 6.45) is 1.96. The maximum Gasteiger partial charge on any atom is 0.236 e. The Morgan fingerprint density at radius 3 is 2.88 bits per heavy atom. The van der Waals surface area contributed by atoms with Crippen molar-refractivity contribution in [3.05, 3.63) is 47.6 Å². The van der Waals surface area contributed by atoms with E-state index in [4.69, 9.17) is 4.52 Å². The average Bonchev–Trinajstić information content (AvgIpc) is 3.02. The van der Waals surface area contributed by atoms with Crippen molar-refractivity contribution in [2.75, 3.05) is 26.7 Å². The summed E-state index contributed by atoms with van der Waals surface area (Å²) in [6, 6.07) is 10.2. The quantitative estimate of drug-likeness (QED) is 0.842. The first-order valence-corrected chi connectivity index (χ1v) is 8.42. The predicted octanol–water partition coefficient (Wildman–Crippen LogP) is 2.22. The zero-order valence-electron chi connectivity index (χ0n) is 14.3. The number of aryl methyl sites for hydroxylation is 1. The molecule has 0 aliphatic carbocycles. The Bertz CT molecular complexity index is 671. The Hall–Kier alpha value is -2.21. The second kappa shape index (κ2) is 7.57. The highest BCUT2D eigenvalue weighted by Crippen LogP contribution is 2.25. The number of hydrogen-bond donors (Lipinski definition) is 0. The summed E-state index contributed by atoms with van der Waals surface area (Å²) in [4.78, 5) is 20.9. The molecule has 6 heteroatoms. The number of carbonyl (C=O) groups is 1. The van der Waals surface area contributed by atoms with Crippen LogP contribution in [0.1, 0.15) is 36.0 Å². The monoisotopic (exact) mass is 328 g/mol. The lowest BCUT2D eigenvalue weighted by Gasteiger charge is -2.32. The summed E-state index contributed by atoms with van der Waals surface area (Å²) in [5.74, 6) is 1.62. The summed E-state index contributed by atoms with van der Waals surface area (Å²) in [6.45, 7) is 4.48. The minimum absolute atomic E-state index is 0.156. The van der Waals surface area contributed by atoms with E-state index in [9.17, 15) is 4.79 Å². The number of likely N-dealkylation sites (N-methyl/N-ethyl adjacent to an activating group) is 1. The molecule has 1 saturated heterocycles. The Morgan fingerprint density at radius 2 is 2.17 bits per heavy atom. The fourth-order valence-electron chi connectivity index (χ4n) is 3.17. The summed E-state index contributed by atoms with van der Waals surface area (Å²) in [5.41, 5.74) is 1.21. The zero-order valence-corrected chi connectivity index (χ0v) is 14.3. The maximum absolute atomic E-state index is 12.6. The zero-order chi connectivity index (χ0) is 16.9. The summed E-state index contributed by atoms with van der Waals surface area (Å²) < 4.78 is 5.28. The molecule has 24 heavy (non-hydrogen) atoms. The standard InChI is InChI=1S/C18H24N4O2/c1-14-19-18(24-20-14)16-9-6-10-22(12-16)17(23)13-21(2)11-15-7-4-3-5-8-15/h3-5,7-8,16H,6,9-13H2,1-2H3/t16-/m1/s1. The molecule has 1 aliphatic rings. The molecule has 0 bridgehead atoms. The first-order chi connectivity index (χ1) is 11.6. The number of carbonyl (C=O) groups excluding carboxylic acids is 1. The molecule has 1 atom stereocenters. The van der Waals surface area contributed by atoms with Gasteiger partial charge in [-0.2, -0.15) is 4.98 Å². The van der Waals surface area contributed by atoms with Gasteiger partial charge in [0.2, 0.25) is 11.8 Å². The van der Waals surface area contributed by atoms with Crippen LogP contribution in [-0.4, -0.2) is 52.5 Å². The van der Waals surface area contributed by atoms with Gasteiger partial charge in [0.1, 0.15) is 0 Å². The number of hydrogen-bond acceptors (Lipinski definition) is 5. The van der Waals surface area contributed by atoms with Crippen molar-refractivity contribution in [1.82, 2.24) is 19.9 Å². The van der Waals surface area contributed by atoms with Crippen molar-refractivity contribution < 1.29 is 9.32 Å². The molecule has 1 fully saturated rings. The van der Waals surface area contributed by atoms with Crippen LogP contribution in [0.4, 0.5) is 0 Å². The number of rotatable bonds is 5. The molecular formula is C18H24N4O2. The maximum atomic E-state index is 12.6. The van der Waals surface area contributed by atoms with Crippen LogP contribution in [0.15, 0.2) is 34.9 Å². The first kappa shape index (κ1) is 16.6. The molecule has 1 aromatic carbocycles. The molecule has 128 valence electrons. The van der Waals surface area contributed by atoms with Gasteiger partial charge in [-0.3, -0.25) is 9.69 Å². The van der Waals surface area contributed by atoms with Gasteiger partial charge in [-0.1, -0.05) is 35.5 Å². The van der Waals surface area contributed by atoms with Gasteiger partial charge in [0, 0.05) is 19.6 Å². The third-order valence-electron chi connectivity index (χ3n) is 4.37. The minimum atomic E-state index is 0.156. The predicted molar refractivity (Wildman–Crippen MR) is 90.4 cm³/mol. The molecule has 0 radical (unpaired) electrons. The lowest BCUT2D eigenvalue weighted by molar-refractivity contribution is -0.133. The number of piperidine rings is 1. The molecule has 1 amide bonds. The second-order valence-electron chi connectivity index (χ2n) is 6.52. The Morgan fingerprint density at radius 1 is 1.38 bits per heavy atom. The van der Waals surface area contributed by atoms with E-state index in [2.05, 4.69) is 27.2 Å². The van der Waals surface area contributed by atoms with E-state index in [1.54, 1.807) is 0 Å². The summed E-state index contributed by atoms with van der Waals surface area (Å²) in [7, 11) is 1.98. The lowest BCUT2D eigenvalue weighted by atomic mass is 9.98. The Balaban J connectivity index is 1.54. The minimum Gasteiger partial charge on any atom is -0.341 e. The molecular weight excluding hydrogens is 304 g/mol. The highest BCUT2D eigenvalue weighted by Gasteiger charge is 2.28. The summed E-state index contributed by atoms with van der Waals surface area (Å²) >= 11 is 0. The molecule has 0 unspecified atom stereocenters. The number of likely N-dealkylation sites (tertiary alicyclic amines) is 1. The van der Waals surface area contributed by atoms with E-state index in [1.165, 1.54) is 5.56 Å². The van der Waals surface area contributed by atoms with Crippen molar-refractivity contribution in [2.24, 2.45) is 0 Å². The molecule has 1 aromatic heterocycles. The van der Waals surface area contributed by atoms with Crippen LogP contribution in [0.5, 0.6) is 0 Å². The van der Waals surface area contributed by atoms with Gasteiger partial charge in [-0.15, -0.1) is 0 Å². The average molecular weight is 328 g/mol. The van der Waals surface area contributed by atoms with Crippen molar-refractivity contribution in [3.63, 3.8) is 0 Å². The SMILES string of the molecule is Cc1noc([C@@H]2CCCN(C(=O)CN(C)Cc3ccccc3)C2)n1. The van der Waals surface area contributed by atoms with Gasteiger partial charge >= 0.3 is 0 Å². The number of amides is 1. The van der Waals surface area contributed by atoms with E-state index >= 15 is 0 Å². The van der Waals surface area contributed by atoms with E-state index < -0.39 is 0 Å².